The molecule has 1 aromatic heterocycles. The van der Waals surface area contributed by atoms with Gasteiger partial charge in [0, 0.05) is 23.5 Å². The molecule has 2 nitrogen and oxygen atoms in total. The fourth-order valence-corrected chi connectivity index (χ4v) is 3.56. The van der Waals surface area contributed by atoms with Crippen molar-refractivity contribution in [1.82, 2.24) is 4.90 Å². The van der Waals surface area contributed by atoms with Crippen LogP contribution in [-0.4, -0.2) is 23.5 Å². The lowest BCUT2D eigenvalue weighted by Gasteiger charge is -2.37. The van der Waals surface area contributed by atoms with Gasteiger partial charge in [-0.1, -0.05) is 18.0 Å². The molecule has 2 rings (SSSR count). The van der Waals surface area contributed by atoms with Gasteiger partial charge in [-0.3, -0.25) is 4.90 Å². The van der Waals surface area contributed by atoms with Gasteiger partial charge in [-0.25, -0.2) is 0 Å². The minimum absolute atomic E-state index is 0.260. The second kappa shape index (κ2) is 5.50. The van der Waals surface area contributed by atoms with Crippen molar-refractivity contribution in [2.75, 3.05) is 6.54 Å². The Labute approximate surface area is 106 Å². The predicted octanol–water partition coefficient (Wildman–Crippen LogP) is 3.10. The Morgan fingerprint density at radius 2 is 2.38 bits per heavy atom. The molecule has 2 atom stereocenters. The van der Waals surface area contributed by atoms with Crippen LogP contribution < -0.4 is 5.73 Å². The summed E-state index contributed by atoms with van der Waals surface area (Å²) in [6.45, 7) is 4.29. The molecular weight excluding hydrogens is 240 g/mol. The molecule has 0 radical (unpaired) electrons. The van der Waals surface area contributed by atoms with E-state index in [1.165, 1.54) is 30.7 Å². The van der Waals surface area contributed by atoms with E-state index in [9.17, 15) is 0 Å². The van der Waals surface area contributed by atoms with E-state index in [0.29, 0.717) is 6.04 Å². The third-order valence-electron chi connectivity index (χ3n) is 3.26. The third-order valence-corrected chi connectivity index (χ3v) is 4.47. The zero-order chi connectivity index (χ0) is 11.5. The van der Waals surface area contributed by atoms with Crippen LogP contribution in [0.5, 0.6) is 0 Å². The molecule has 0 aromatic carbocycles. The van der Waals surface area contributed by atoms with Crippen molar-refractivity contribution >= 4 is 22.9 Å². The van der Waals surface area contributed by atoms with E-state index < -0.39 is 0 Å². The molecule has 0 amide bonds. The van der Waals surface area contributed by atoms with Crippen LogP contribution >= 0.6 is 22.9 Å². The highest BCUT2D eigenvalue weighted by Gasteiger charge is 2.25. The predicted molar refractivity (Wildman–Crippen MR) is 71.0 cm³/mol. The largest absolute Gasteiger partial charge is 0.327 e. The van der Waals surface area contributed by atoms with Crippen LogP contribution in [-0.2, 0) is 6.54 Å². The Morgan fingerprint density at radius 1 is 1.56 bits per heavy atom. The van der Waals surface area contributed by atoms with Gasteiger partial charge in [0.1, 0.15) is 0 Å². The van der Waals surface area contributed by atoms with Crippen LogP contribution in [0.1, 0.15) is 31.1 Å². The number of likely N-dealkylation sites (tertiary alicyclic amines) is 1. The molecule has 2 N–H and O–H groups in total. The van der Waals surface area contributed by atoms with E-state index in [-0.39, 0.29) is 6.04 Å². The summed E-state index contributed by atoms with van der Waals surface area (Å²) in [4.78, 5) is 3.86. The van der Waals surface area contributed by atoms with E-state index in [1.807, 2.05) is 6.07 Å². The molecule has 0 aliphatic carbocycles. The summed E-state index contributed by atoms with van der Waals surface area (Å²) < 4.78 is 0.879. The van der Waals surface area contributed by atoms with Crippen LogP contribution in [0.25, 0.3) is 0 Å². The van der Waals surface area contributed by atoms with Gasteiger partial charge in [0.15, 0.2) is 0 Å². The van der Waals surface area contributed by atoms with Gasteiger partial charge in [-0.05, 0) is 38.4 Å². The van der Waals surface area contributed by atoms with Gasteiger partial charge in [0.25, 0.3) is 0 Å². The maximum Gasteiger partial charge on any atom is 0.0931 e. The van der Waals surface area contributed by atoms with E-state index in [4.69, 9.17) is 17.3 Å². The molecule has 0 saturated carbocycles. The van der Waals surface area contributed by atoms with Crippen molar-refractivity contribution in [1.29, 1.82) is 0 Å². The molecule has 2 heterocycles. The number of nitrogens with zero attached hydrogens (tertiary/aromatic N) is 1. The van der Waals surface area contributed by atoms with E-state index >= 15 is 0 Å². The summed E-state index contributed by atoms with van der Waals surface area (Å²) in [5.41, 5.74) is 6.05. The van der Waals surface area contributed by atoms with Gasteiger partial charge in [0.05, 0.1) is 4.34 Å². The molecule has 1 fully saturated rings. The summed E-state index contributed by atoms with van der Waals surface area (Å²) in [5.74, 6) is 0. The second-order valence-corrected chi connectivity index (χ2v) is 6.40. The number of nitrogens with two attached hydrogens (primary N) is 1. The number of hydrogen-bond donors (Lipinski definition) is 1. The highest BCUT2D eigenvalue weighted by Crippen LogP contribution is 2.26. The number of halogens is 1. The summed E-state index contributed by atoms with van der Waals surface area (Å²) in [7, 11) is 0. The number of rotatable bonds is 3. The van der Waals surface area contributed by atoms with Crippen molar-refractivity contribution < 1.29 is 0 Å². The standard InChI is InChI=1S/C12H19ClN2S/c1-9(14)11-4-2-3-7-15(11)8-10-5-6-12(13)16-10/h5-6,9,11H,2-4,7-8,14H2,1H3. The molecule has 1 saturated heterocycles. The fraction of sp³-hybridized carbons (Fsp3) is 0.667. The molecule has 1 aromatic rings. The normalized spacial score (nSPS) is 24.6. The second-order valence-electron chi connectivity index (χ2n) is 4.60. The lowest BCUT2D eigenvalue weighted by Crippen LogP contribution is -2.48. The van der Waals surface area contributed by atoms with Crippen molar-refractivity contribution in [3.8, 4) is 0 Å². The lowest BCUT2D eigenvalue weighted by molar-refractivity contribution is 0.124. The van der Waals surface area contributed by atoms with Crippen molar-refractivity contribution in [3.63, 3.8) is 0 Å². The Balaban J connectivity index is 2.01. The molecule has 0 bridgehead atoms. The van der Waals surface area contributed by atoms with E-state index in [1.54, 1.807) is 11.3 Å². The molecular formula is C12H19ClN2S. The van der Waals surface area contributed by atoms with E-state index in [0.717, 1.165) is 10.9 Å². The monoisotopic (exact) mass is 258 g/mol. The van der Waals surface area contributed by atoms with Gasteiger partial charge < -0.3 is 5.73 Å². The molecule has 1 aliphatic rings. The molecule has 1 aliphatic heterocycles. The Morgan fingerprint density at radius 3 is 3.00 bits per heavy atom. The van der Waals surface area contributed by atoms with Crippen molar-refractivity contribution in [2.45, 2.75) is 44.8 Å². The Bertz CT molecular complexity index is 338. The fourth-order valence-electron chi connectivity index (χ4n) is 2.45. The highest BCUT2D eigenvalue weighted by molar-refractivity contribution is 7.16. The van der Waals surface area contributed by atoms with Crippen molar-refractivity contribution in [2.24, 2.45) is 5.73 Å². The third kappa shape index (κ3) is 2.98. The minimum Gasteiger partial charge on any atom is -0.327 e. The maximum atomic E-state index is 6.05. The summed E-state index contributed by atoms with van der Waals surface area (Å²) in [6.07, 6.45) is 3.84. The topological polar surface area (TPSA) is 29.3 Å². The van der Waals surface area contributed by atoms with Gasteiger partial charge in [-0.15, -0.1) is 11.3 Å². The number of hydrogen-bond acceptors (Lipinski definition) is 3. The summed E-state index contributed by atoms with van der Waals surface area (Å²) >= 11 is 7.63. The molecule has 16 heavy (non-hydrogen) atoms. The molecule has 0 spiro atoms. The lowest BCUT2D eigenvalue weighted by atomic mass is 9.97. The van der Waals surface area contributed by atoms with Crippen LogP contribution in [0.4, 0.5) is 0 Å². The first-order valence-corrected chi connectivity index (χ1v) is 7.10. The number of thiophene rings is 1. The molecule has 2 unspecified atom stereocenters. The summed E-state index contributed by atoms with van der Waals surface area (Å²) in [5, 5.41) is 0. The highest BCUT2D eigenvalue weighted by atomic mass is 35.5. The quantitative estimate of drug-likeness (QED) is 0.903. The van der Waals surface area contributed by atoms with Gasteiger partial charge in [0.2, 0.25) is 0 Å². The van der Waals surface area contributed by atoms with E-state index in [2.05, 4.69) is 17.9 Å². The average Bonchev–Trinajstić information content (AvgIpc) is 2.64. The Kier molecular flexibility index (Phi) is 4.25. The van der Waals surface area contributed by atoms with Crippen LogP contribution in [0.2, 0.25) is 4.34 Å². The zero-order valence-corrected chi connectivity index (χ0v) is 11.2. The first-order chi connectivity index (χ1) is 7.66. The Hall–Kier alpha value is -0.0900. The molecule has 4 heteroatoms. The van der Waals surface area contributed by atoms with Gasteiger partial charge >= 0.3 is 0 Å². The SMILES string of the molecule is CC(N)C1CCCCN1Cc1ccc(Cl)s1. The van der Waals surface area contributed by atoms with Crippen LogP contribution in [0.3, 0.4) is 0 Å². The minimum atomic E-state index is 0.260. The van der Waals surface area contributed by atoms with Crippen LogP contribution in [0.15, 0.2) is 12.1 Å². The zero-order valence-electron chi connectivity index (χ0n) is 9.66. The first-order valence-electron chi connectivity index (χ1n) is 5.90. The van der Waals surface area contributed by atoms with Crippen LogP contribution in [0, 0.1) is 0 Å². The van der Waals surface area contributed by atoms with Crippen molar-refractivity contribution in [3.05, 3.63) is 21.3 Å². The molecule has 90 valence electrons. The number of piperidine rings is 1. The first kappa shape index (κ1) is 12.4. The average molecular weight is 259 g/mol. The maximum absolute atomic E-state index is 6.05. The summed E-state index contributed by atoms with van der Waals surface area (Å²) in [6, 6.07) is 4.90. The smallest absolute Gasteiger partial charge is 0.0931 e. The van der Waals surface area contributed by atoms with Gasteiger partial charge in [-0.2, -0.15) is 0 Å².